The molecule has 0 unspecified atom stereocenters. The normalized spacial score (nSPS) is 10.5. The first-order valence-electron chi connectivity index (χ1n) is 7.65. The van der Waals surface area contributed by atoms with Gasteiger partial charge in [0.2, 0.25) is 5.75 Å². The highest BCUT2D eigenvalue weighted by Crippen LogP contribution is 2.14. The summed E-state index contributed by atoms with van der Waals surface area (Å²) in [6.45, 7) is 3.06. The van der Waals surface area contributed by atoms with Gasteiger partial charge < -0.3 is 15.0 Å². The lowest BCUT2D eigenvalue weighted by Gasteiger charge is -2.08. The summed E-state index contributed by atoms with van der Waals surface area (Å²) in [5.74, 6) is 0.784. The van der Waals surface area contributed by atoms with Gasteiger partial charge in [0.25, 0.3) is 5.56 Å². The predicted molar refractivity (Wildman–Crippen MR) is 82.5 cm³/mol. The third-order valence-electron chi connectivity index (χ3n) is 3.34. The SMILES string of the molecule is CCCCCCCCCCNc1nc[nH]c(=O)c1OC. The molecule has 0 aromatic carbocycles. The number of anilines is 1. The van der Waals surface area contributed by atoms with E-state index in [1.807, 2.05) is 0 Å². The van der Waals surface area contributed by atoms with Crippen molar-refractivity contribution in [2.75, 3.05) is 19.0 Å². The number of aromatic amines is 1. The summed E-state index contributed by atoms with van der Waals surface area (Å²) in [4.78, 5) is 18.1. The second kappa shape index (κ2) is 10.3. The van der Waals surface area contributed by atoms with Crippen LogP contribution in [0.4, 0.5) is 5.82 Å². The van der Waals surface area contributed by atoms with Crippen LogP contribution in [0.1, 0.15) is 58.3 Å². The summed E-state index contributed by atoms with van der Waals surface area (Å²) >= 11 is 0. The highest BCUT2D eigenvalue weighted by molar-refractivity contribution is 5.47. The van der Waals surface area contributed by atoms with Crippen molar-refractivity contribution in [1.82, 2.24) is 9.97 Å². The molecule has 0 fully saturated rings. The lowest BCUT2D eigenvalue weighted by molar-refractivity contribution is 0.408. The van der Waals surface area contributed by atoms with Crippen molar-refractivity contribution in [3.8, 4) is 5.75 Å². The smallest absolute Gasteiger partial charge is 0.295 e. The third kappa shape index (κ3) is 6.08. The average molecular weight is 281 g/mol. The van der Waals surface area contributed by atoms with Gasteiger partial charge in [0, 0.05) is 6.54 Å². The minimum absolute atomic E-state index is 0.249. The van der Waals surface area contributed by atoms with Crippen LogP contribution in [0.2, 0.25) is 0 Å². The van der Waals surface area contributed by atoms with Crippen molar-refractivity contribution in [3.05, 3.63) is 16.7 Å². The van der Waals surface area contributed by atoms with Gasteiger partial charge in [-0.3, -0.25) is 4.79 Å². The summed E-state index contributed by atoms with van der Waals surface area (Å²) in [5.41, 5.74) is -0.249. The fraction of sp³-hybridized carbons (Fsp3) is 0.733. The molecule has 20 heavy (non-hydrogen) atoms. The van der Waals surface area contributed by atoms with Crippen LogP contribution >= 0.6 is 0 Å². The van der Waals surface area contributed by atoms with Crippen molar-refractivity contribution in [2.24, 2.45) is 0 Å². The van der Waals surface area contributed by atoms with Crippen LogP contribution in [-0.2, 0) is 0 Å². The molecule has 0 atom stereocenters. The van der Waals surface area contributed by atoms with Crippen LogP contribution in [0.5, 0.6) is 5.75 Å². The monoisotopic (exact) mass is 281 g/mol. The second-order valence-corrected chi connectivity index (χ2v) is 5.02. The van der Waals surface area contributed by atoms with Crippen molar-refractivity contribution in [1.29, 1.82) is 0 Å². The second-order valence-electron chi connectivity index (χ2n) is 5.02. The van der Waals surface area contributed by atoms with E-state index in [-0.39, 0.29) is 11.3 Å². The number of hydrogen-bond donors (Lipinski definition) is 2. The lowest BCUT2D eigenvalue weighted by atomic mass is 10.1. The number of methoxy groups -OCH3 is 1. The molecule has 1 aromatic heterocycles. The number of nitrogens with zero attached hydrogens (tertiary/aromatic N) is 1. The van der Waals surface area contributed by atoms with Gasteiger partial charge in [-0.15, -0.1) is 0 Å². The Morgan fingerprint density at radius 1 is 1.15 bits per heavy atom. The molecule has 0 aliphatic carbocycles. The Kier molecular flexibility index (Phi) is 8.51. The van der Waals surface area contributed by atoms with E-state index in [2.05, 4.69) is 22.2 Å². The minimum atomic E-state index is -0.249. The van der Waals surface area contributed by atoms with Crippen molar-refractivity contribution in [3.63, 3.8) is 0 Å². The summed E-state index contributed by atoms with van der Waals surface area (Å²) in [5, 5.41) is 3.16. The van der Waals surface area contributed by atoms with Crippen LogP contribution < -0.4 is 15.6 Å². The molecule has 1 aromatic rings. The van der Waals surface area contributed by atoms with E-state index in [9.17, 15) is 4.79 Å². The van der Waals surface area contributed by atoms with Gasteiger partial charge in [-0.25, -0.2) is 4.98 Å². The number of ether oxygens (including phenoxy) is 1. The van der Waals surface area contributed by atoms with E-state index >= 15 is 0 Å². The Bertz CT molecular complexity index is 418. The van der Waals surface area contributed by atoms with Crippen molar-refractivity contribution >= 4 is 5.82 Å². The first kappa shape index (κ1) is 16.5. The molecule has 0 saturated carbocycles. The number of nitrogens with one attached hydrogen (secondary N) is 2. The molecule has 1 rings (SSSR count). The number of hydrogen-bond acceptors (Lipinski definition) is 4. The summed E-state index contributed by atoms with van der Waals surface area (Å²) in [7, 11) is 1.48. The van der Waals surface area contributed by atoms with Crippen LogP contribution in [0, 0.1) is 0 Å². The van der Waals surface area contributed by atoms with Gasteiger partial charge in [0.1, 0.15) is 0 Å². The highest BCUT2D eigenvalue weighted by atomic mass is 16.5. The molecule has 0 bridgehead atoms. The fourth-order valence-electron chi connectivity index (χ4n) is 2.17. The molecule has 2 N–H and O–H groups in total. The predicted octanol–water partition coefficient (Wildman–Crippen LogP) is 3.33. The summed E-state index contributed by atoms with van der Waals surface area (Å²) in [6, 6.07) is 0. The van der Waals surface area contributed by atoms with E-state index in [4.69, 9.17) is 4.74 Å². The van der Waals surface area contributed by atoms with Crippen LogP contribution in [0.3, 0.4) is 0 Å². The standard InChI is InChI=1S/C15H27N3O2/c1-3-4-5-6-7-8-9-10-11-16-14-13(20-2)15(19)18-12-17-14/h12H,3-11H2,1-2H3,(H2,16,17,18,19). The number of aromatic nitrogens is 2. The molecule has 0 saturated heterocycles. The molecule has 5 nitrogen and oxygen atoms in total. The minimum Gasteiger partial charge on any atom is -0.489 e. The largest absolute Gasteiger partial charge is 0.489 e. The number of rotatable bonds is 11. The Morgan fingerprint density at radius 3 is 2.45 bits per heavy atom. The van der Waals surface area contributed by atoms with E-state index in [1.165, 1.54) is 58.4 Å². The maximum Gasteiger partial charge on any atom is 0.295 e. The van der Waals surface area contributed by atoms with E-state index in [1.54, 1.807) is 0 Å². The lowest BCUT2D eigenvalue weighted by Crippen LogP contribution is -2.14. The molecule has 0 spiro atoms. The summed E-state index contributed by atoms with van der Waals surface area (Å²) < 4.78 is 5.04. The van der Waals surface area contributed by atoms with Crippen LogP contribution in [0.15, 0.2) is 11.1 Å². The molecule has 0 aliphatic rings. The number of unbranched alkanes of at least 4 members (excludes halogenated alkanes) is 7. The van der Waals surface area contributed by atoms with E-state index in [0.717, 1.165) is 13.0 Å². The maximum absolute atomic E-state index is 11.5. The topological polar surface area (TPSA) is 67.0 Å². The van der Waals surface area contributed by atoms with Gasteiger partial charge in [-0.05, 0) is 6.42 Å². The van der Waals surface area contributed by atoms with E-state index < -0.39 is 0 Å². The Morgan fingerprint density at radius 2 is 1.80 bits per heavy atom. The molecule has 1 heterocycles. The third-order valence-corrected chi connectivity index (χ3v) is 3.34. The Labute approximate surface area is 121 Å². The molecular formula is C15H27N3O2. The fourth-order valence-corrected chi connectivity index (χ4v) is 2.17. The summed E-state index contributed by atoms with van der Waals surface area (Å²) in [6.07, 6.45) is 11.7. The Hall–Kier alpha value is -1.52. The first-order valence-corrected chi connectivity index (χ1v) is 7.65. The molecular weight excluding hydrogens is 254 g/mol. The van der Waals surface area contributed by atoms with Crippen LogP contribution in [0.25, 0.3) is 0 Å². The van der Waals surface area contributed by atoms with Gasteiger partial charge in [0.15, 0.2) is 5.82 Å². The van der Waals surface area contributed by atoms with Crippen LogP contribution in [-0.4, -0.2) is 23.6 Å². The quantitative estimate of drug-likeness (QED) is 0.610. The molecule has 0 radical (unpaired) electrons. The van der Waals surface area contributed by atoms with Gasteiger partial charge in [0.05, 0.1) is 13.4 Å². The number of H-pyrrole nitrogens is 1. The zero-order valence-corrected chi connectivity index (χ0v) is 12.7. The molecule has 0 aliphatic heterocycles. The first-order chi connectivity index (χ1) is 9.79. The maximum atomic E-state index is 11.5. The highest BCUT2D eigenvalue weighted by Gasteiger charge is 2.07. The van der Waals surface area contributed by atoms with Gasteiger partial charge in [-0.2, -0.15) is 0 Å². The van der Waals surface area contributed by atoms with Gasteiger partial charge >= 0.3 is 0 Å². The zero-order valence-electron chi connectivity index (χ0n) is 12.7. The van der Waals surface area contributed by atoms with Crippen molar-refractivity contribution in [2.45, 2.75) is 58.3 Å². The van der Waals surface area contributed by atoms with Gasteiger partial charge in [-0.1, -0.05) is 51.9 Å². The average Bonchev–Trinajstić information content (AvgIpc) is 2.45. The Balaban J connectivity index is 2.13. The van der Waals surface area contributed by atoms with Crippen molar-refractivity contribution < 1.29 is 4.74 Å². The molecule has 114 valence electrons. The molecule has 5 heteroatoms. The zero-order chi connectivity index (χ0) is 14.6. The van der Waals surface area contributed by atoms with E-state index in [0.29, 0.717) is 5.82 Å². The molecule has 0 amide bonds.